The molecule has 0 aliphatic carbocycles. The van der Waals surface area contributed by atoms with Crippen LogP contribution in [-0.2, 0) is 18.9 Å². The molecule has 2 aliphatic heterocycles. The Balaban J connectivity index is 1.13. The summed E-state index contributed by atoms with van der Waals surface area (Å²) in [5.41, 5.74) is 10.6. The number of nitrogen functional groups attached to an aromatic ring is 2. The minimum Gasteiger partial charge on any atom is -0.387 e. The summed E-state index contributed by atoms with van der Waals surface area (Å²) in [5.74, 6) is -0.715. The molecule has 21 heteroatoms. The highest BCUT2D eigenvalue weighted by Gasteiger charge is 2.49. The number of ether oxygens (including phenoxy) is 2. The molecule has 6 rings (SSSR count). The molecule has 0 bridgehead atoms. The van der Waals surface area contributed by atoms with Crippen molar-refractivity contribution in [2.75, 3.05) is 18.1 Å². The van der Waals surface area contributed by atoms with Crippen molar-refractivity contribution < 1.29 is 38.7 Å². The van der Waals surface area contributed by atoms with Crippen LogP contribution in [0.15, 0.2) is 23.8 Å². The quantitative estimate of drug-likeness (QED) is 0.0561. The molecule has 10 atom stereocenters. The smallest absolute Gasteiger partial charge is 0.280 e. The highest BCUT2D eigenvalue weighted by atomic mass is 32.2. The summed E-state index contributed by atoms with van der Waals surface area (Å²) in [7, 11) is 2.10. The van der Waals surface area contributed by atoms with Crippen LogP contribution in [0.4, 0.5) is 16.2 Å². The Kier molecular flexibility index (Phi) is 8.46. The molecule has 18 nitrogen and oxygen atoms in total. The molecule has 6 heterocycles. The number of aromatic nitrogens is 8. The molecule has 4 aromatic heterocycles. The molecule has 0 amide bonds. The number of rotatable bonds is 10. The predicted octanol–water partition coefficient (Wildman–Crippen LogP) is -0.312. The third kappa shape index (κ3) is 5.42. The third-order valence-corrected chi connectivity index (χ3v) is 9.07. The van der Waals surface area contributed by atoms with E-state index in [1.807, 2.05) is 0 Å². The van der Waals surface area contributed by atoms with Gasteiger partial charge in [-0.3, -0.25) is 24.2 Å². The summed E-state index contributed by atoms with van der Waals surface area (Å²) >= 11 is 0.991. The van der Waals surface area contributed by atoms with E-state index in [1.165, 1.54) is 28.1 Å². The molecule has 0 aromatic carbocycles. The van der Waals surface area contributed by atoms with Gasteiger partial charge in [0.25, 0.3) is 5.56 Å². The largest absolute Gasteiger partial charge is 0.387 e. The summed E-state index contributed by atoms with van der Waals surface area (Å²) in [6, 6.07) is 0. The number of alkyl halides is 1. The van der Waals surface area contributed by atoms with Crippen molar-refractivity contribution in [2.24, 2.45) is 5.92 Å². The van der Waals surface area contributed by atoms with Crippen LogP contribution in [0.1, 0.15) is 24.4 Å². The molecule has 2 fully saturated rings. The van der Waals surface area contributed by atoms with Crippen LogP contribution in [0.3, 0.4) is 0 Å². The Bertz CT molecular complexity index is 1660. The fraction of sp³-hybridized carbons (Fsp3) is 0.545. The van der Waals surface area contributed by atoms with Gasteiger partial charge in [-0.05, 0) is 12.8 Å². The van der Waals surface area contributed by atoms with Crippen LogP contribution >= 0.6 is 21.2 Å². The van der Waals surface area contributed by atoms with E-state index in [2.05, 4.69) is 44.3 Å². The first-order chi connectivity index (χ1) is 20.7. The Morgan fingerprint density at radius 2 is 1.95 bits per heavy atom. The summed E-state index contributed by atoms with van der Waals surface area (Å²) in [5, 5.41) is 30.2. The number of fused-ring (bicyclic) bond motifs is 2. The van der Waals surface area contributed by atoms with Gasteiger partial charge in [-0.2, -0.15) is 4.98 Å². The Morgan fingerprint density at radius 3 is 2.72 bits per heavy atom. The Hall–Kier alpha value is -3.07. The van der Waals surface area contributed by atoms with Crippen LogP contribution in [0, 0.1) is 5.92 Å². The molecule has 3 unspecified atom stereocenters. The topological polar surface area (TPSA) is 257 Å². The number of H-pyrrole nitrogens is 1. The van der Waals surface area contributed by atoms with E-state index < -0.39 is 59.3 Å². The maximum atomic E-state index is 15.9. The monoisotopic (exact) mass is 642 g/mol. The van der Waals surface area contributed by atoms with Crippen molar-refractivity contribution in [1.29, 1.82) is 0 Å². The van der Waals surface area contributed by atoms with Crippen LogP contribution in [0.25, 0.3) is 22.3 Å². The minimum atomic E-state index is -1.54. The summed E-state index contributed by atoms with van der Waals surface area (Å²) in [6.07, 6.45) is -3.38. The van der Waals surface area contributed by atoms with Crippen molar-refractivity contribution in [2.45, 2.75) is 60.7 Å². The van der Waals surface area contributed by atoms with E-state index >= 15 is 4.39 Å². The molecule has 0 radical (unpaired) electrons. The zero-order chi connectivity index (χ0) is 30.4. The zero-order valence-electron chi connectivity index (χ0n) is 22.1. The van der Waals surface area contributed by atoms with Crippen molar-refractivity contribution in [1.82, 2.24) is 39.0 Å². The SMILES string of the molecule is Nc1nc2c(ncn2[C@@H]2SC(OC(O)CC[C@H]3[C@H](F)[C@H](n4cnc5c(N)ncnc54)O[C@@H]3COP)[C@@H](O)[C@H]2OO)c(=O)[nH]1. The number of aliphatic hydroxyl groups excluding tert-OH is 2. The second-order valence-electron chi connectivity index (χ2n) is 9.99. The van der Waals surface area contributed by atoms with Crippen molar-refractivity contribution in [3.05, 3.63) is 29.3 Å². The molecular weight excluding hydrogens is 614 g/mol. The number of nitrogens with one attached hydrogen (secondary N) is 1. The lowest BCUT2D eigenvalue weighted by Crippen LogP contribution is -2.36. The van der Waals surface area contributed by atoms with E-state index in [4.69, 9.17) is 25.5 Å². The van der Waals surface area contributed by atoms with Crippen LogP contribution < -0.4 is 17.0 Å². The van der Waals surface area contributed by atoms with Crippen LogP contribution in [0.2, 0.25) is 0 Å². The fourth-order valence-electron chi connectivity index (χ4n) is 5.41. The molecule has 0 saturated carbocycles. The van der Waals surface area contributed by atoms with E-state index in [0.29, 0.717) is 11.2 Å². The number of aliphatic hydroxyl groups is 2. The first-order valence-electron chi connectivity index (χ1n) is 13.0. The minimum absolute atomic E-state index is 0.00753. The number of nitrogens with two attached hydrogens (primary N) is 2. The number of hydrogen-bond donors (Lipinski definition) is 6. The lowest BCUT2D eigenvalue weighted by Gasteiger charge is -2.23. The second kappa shape index (κ2) is 12.1. The van der Waals surface area contributed by atoms with Gasteiger partial charge in [0.2, 0.25) is 5.95 Å². The van der Waals surface area contributed by atoms with Gasteiger partial charge in [0.05, 0.1) is 25.4 Å². The van der Waals surface area contributed by atoms with E-state index in [1.54, 1.807) is 0 Å². The number of aromatic amines is 1. The summed E-state index contributed by atoms with van der Waals surface area (Å²) in [6.45, 7) is 0.0571. The summed E-state index contributed by atoms with van der Waals surface area (Å²) in [4.78, 5) is 39.4. The molecule has 0 spiro atoms. The van der Waals surface area contributed by atoms with Crippen molar-refractivity contribution in [3.63, 3.8) is 0 Å². The van der Waals surface area contributed by atoms with Crippen LogP contribution in [-0.4, -0.2) is 97.3 Å². The Morgan fingerprint density at radius 1 is 1.19 bits per heavy atom. The molecule has 43 heavy (non-hydrogen) atoms. The average Bonchev–Trinajstić information content (AvgIpc) is 3.73. The highest BCUT2D eigenvalue weighted by molar-refractivity contribution is 8.00. The van der Waals surface area contributed by atoms with Gasteiger partial charge < -0.3 is 35.7 Å². The molecule has 4 aromatic rings. The number of anilines is 2. The molecule has 2 saturated heterocycles. The number of nitrogens with zero attached hydrogens (tertiary/aromatic N) is 7. The number of halogens is 1. The second-order valence-corrected chi connectivity index (χ2v) is 11.5. The van der Waals surface area contributed by atoms with Gasteiger partial charge in [0.15, 0.2) is 47.4 Å². The van der Waals surface area contributed by atoms with E-state index in [-0.39, 0.29) is 42.4 Å². The maximum absolute atomic E-state index is 15.9. The zero-order valence-corrected chi connectivity index (χ0v) is 24.1. The highest BCUT2D eigenvalue weighted by Crippen LogP contribution is 2.46. The number of imidazole rings is 2. The maximum Gasteiger partial charge on any atom is 0.280 e. The summed E-state index contributed by atoms with van der Waals surface area (Å²) < 4.78 is 35.5. The first kappa shape index (κ1) is 30.0. The van der Waals surface area contributed by atoms with Gasteiger partial charge in [0.1, 0.15) is 28.8 Å². The van der Waals surface area contributed by atoms with Gasteiger partial charge in [-0.1, -0.05) is 11.8 Å². The van der Waals surface area contributed by atoms with E-state index in [0.717, 1.165) is 11.8 Å². The van der Waals surface area contributed by atoms with Gasteiger partial charge in [-0.15, -0.1) is 0 Å². The first-order valence-corrected chi connectivity index (χ1v) is 14.4. The van der Waals surface area contributed by atoms with Gasteiger partial charge in [-0.25, -0.2) is 29.2 Å². The van der Waals surface area contributed by atoms with Gasteiger partial charge in [0, 0.05) is 15.4 Å². The molecule has 2 aliphatic rings. The van der Waals surface area contributed by atoms with Crippen molar-refractivity contribution in [3.8, 4) is 0 Å². The van der Waals surface area contributed by atoms with E-state index in [9.17, 15) is 20.3 Å². The fourth-order valence-corrected chi connectivity index (χ4v) is 7.03. The normalized spacial score (nSPS) is 30.1. The number of thioether (sulfide) groups is 1. The standard InChI is InChI=1S/C22H28FN10O8PS/c23-10-7(8(3-38-42)39-19(10)32-5-28-11-15(24)26-4-27-16(11)32)1-2-9(34)40-21-13(35)14(41-37)20(43-21)33-6-29-12-17(33)30-22(25)31-18(12)36/h4-10,13-14,19-21,34-35,37H,1-3,42H2,(H2,24,26,27)(H3,25,30,31,36)/t7-,8-,9?,10+,13+,14-,19-,20-,21?/m1/s1. The lowest BCUT2D eigenvalue weighted by molar-refractivity contribution is -0.303. The molecule has 8 N–H and O–H groups in total. The average molecular weight is 643 g/mol. The molecule has 232 valence electrons. The third-order valence-electron chi connectivity index (χ3n) is 7.45. The van der Waals surface area contributed by atoms with Gasteiger partial charge >= 0.3 is 0 Å². The predicted molar refractivity (Wildman–Crippen MR) is 151 cm³/mol. The number of hydrogen-bond acceptors (Lipinski definition) is 16. The molecular formula is C22H28FN10O8PS. The van der Waals surface area contributed by atoms with Crippen molar-refractivity contribution >= 4 is 55.3 Å². The lowest BCUT2D eigenvalue weighted by atomic mass is 9.93. The van der Waals surface area contributed by atoms with Crippen LogP contribution in [0.5, 0.6) is 0 Å². The Labute approximate surface area is 247 Å².